The Bertz CT molecular complexity index is 1210. The van der Waals surface area contributed by atoms with Crippen LogP contribution in [-0.4, -0.2) is 51.8 Å². The number of benzene rings is 2. The molecule has 0 unspecified atom stereocenters. The molecule has 0 spiro atoms. The third kappa shape index (κ3) is 6.12. The Labute approximate surface area is 201 Å². The molecule has 1 heterocycles. The maximum absolute atomic E-state index is 14.5. The minimum Gasteiger partial charge on any atom is -0.488 e. The molecule has 2 aromatic carbocycles. The molecule has 0 atom stereocenters. The fourth-order valence-electron chi connectivity index (χ4n) is 3.17. The number of carbonyl (C=O) groups excluding carboxylic acids is 1. The van der Waals surface area contributed by atoms with Crippen molar-refractivity contribution in [1.82, 2.24) is 14.5 Å². The largest absolute Gasteiger partial charge is 0.488 e. The molecule has 1 aromatic heterocycles. The van der Waals surface area contributed by atoms with Gasteiger partial charge in [-0.3, -0.25) is 14.2 Å². The number of rotatable bonds is 9. The maximum Gasteiger partial charge on any atom is 0.268 e. The minimum absolute atomic E-state index is 0.0690. The first-order chi connectivity index (χ1) is 16.2. The fraction of sp³-hybridized carbons (Fsp3) is 0.292. The number of likely N-dealkylation sites (N-methyl/N-ethyl adjacent to an activating group) is 1. The van der Waals surface area contributed by atoms with Gasteiger partial charge in [0.2, 0.25) is 5.95 Å². The van der Waals surface area contributed by atoms with Crippen molar-refractivity contribution in [2.75, 3.05) is 25.5 Å². The van der Waals surface area contributed by atoms with Crippen molar-refractivity contribution in [1.29, 1.82) is 0 Å². The van der Waals surface area contributed by atoms with Crippen LogP contribution in [0.25, 0.3) is 0 Å². The number of anilines is 2. The molecular formula is C24H26ClFN4O4. The van der Waals surface area contributed by atoms with Gasteiger partial charge in [-0.05, 0) is 43.7 Å². The number of ether oxygens (including phenoxy) is 1. The number of hydrogen-bond acceptors (Lipinski definition) is 6. The lowest BCUT2D eigenvalue weighted by Crippen LogP contribution is -2.37. The van der Waals surface area contributed by atoms with E-state index in [4.69, 9.17) is 21.4 Å². The summed E-state index contributed by atoms with van der Waals surface area (Å²) in [5.74, 6) is -0.898. The van der Waals surface area contributed by atoms with Gasteiger partial charge < -0.3 is 20.1 Å². The molecule has 10 heteroatoms. The third-order valence-electron chi connectivity index (χ3n) is 4.86. The van der Waals surface area contributed by atoms with Crippen LogP contribution in [0.3, 0.4) is 0 Å². The molecule has 0 aliphatic heterocycles. The first-order valence-electron chi connectivity index (χ1n) is 10.6. The number of amides is 1. The Morgan fingerprint density at radius 1 is 1.26 bits per heavy atom. The van der Waals surface area contributed by atoms with Crippen LogP contribution in [0.2, 0.25) is 5.02 Å². The lowest BCUT2D eigenvalue weighted by Gasteiger charge is -2.18. The van der Waals surface area contributed by atoms with Gasteiger partial charge in [0.05, 0.1) is 19.3 Å². The van der Waals surface area contributed by atoms with Crippen LogP contribution >= 0.6 is 11.6 Å². The summed E-state index contributed by atoms with van der Waals surface area (Å²) in [5, 5.41) is 12.6. The first-order valence-corrected chi connectivity index (χ1v) is 11.0. The number of aliphatic hydroxyl groups excluding tert-OH is 1. The molecule has 0 aliphatic rings. The average Bonchev–Trinajstić information content (AvgIpc) is 2.79. The van der Waals surface area contributed by atoms with E-state index < -0.39 is 17.3 Å². The molecule has 0 radical (unpaired) electrons. The molecule has 2 N–H and O–H groups in total. The van der Waals surface area contributed by atoms with Crippen LogP contribution in [0.15, 0.2) is 53.5 Å². The van der Waals surface area contributed by atoms with E-state index in [1.165, 1.54) is 34.8 Å². The summed E-state index contributed by atoms with van der Waals surface area (Å²) in [4.78, 5) is 31.5. The Balaban J connectivity index is 2.01. The summed E-state index contributed by atoms with van der Waals surface area (Å²) in [6.07, 6.45) is 0.986. The van der Waals surface area contributed by atoms with Gasteiger partial charge >= 0.3 is 0 Å². The molecule has 0 bridgehead atoms. The van der Waals surface area contributed by atoms with E-state index in [0.717, 1.165) is 5.56 Å². The van der Waals surface area contributed by atoms with Crippen molar-refractivity contribution in [2.24, 2.45) is 0 Å². The van der Waals surface area contributed by atoms with Crippen molar-refractivity contribution in [3.63, 3.8) is 0 Å². The van der Waals surface area contributed by atoms with E-state index in [0.29, 0.717) is 10.7 Å². The van der Waals surface area contributed by atoms with E-state index in [2.05, 4.69) is 10.3 Å². The molecule has 3 rings (SSSR count). The second-order valence-corrected chi connectivity index (χ2v) is 8.34. The van der Waals surface area contributed by atoms with Gasteiger partial charge in [0.25, 0.3) is 11.5 Å². The van der Waals surface area contributed by atoms with Crippen molar-refractivity contribution >= 4 is 29.1 Å². The smallest absolute Gasteiger partial charge is 0.268 e. The number of aliphatic hydroxyl groups is 1. The molecule has 0 aliphatic carbocycles. The van der Waals surface area contributed by atoms with Crippen molar-refractivity contribution < 1.29 is 19.0 Å². The van der Waals surface area contributed by atoms with E-state index >= 15 is 0 Å². The summed E-state index contributed by atoms with van der Waals surface area (Å²) in [5.41, 5.74) is 0.364. The molecule has 0 fully saturated rings. The van der Waals surface area contributed by atoms with E-state index in [1.54, 1.807) is 44.2 Å². The molecule has 180 valence electrons. The molecule has 3 aromatic rings. The van der Waals surface area contributed by atoms with Gasteiger partial charge in [-0.1, -0.05) is 23.7 Å². The second kappa shape index (κ2) is 11.1. The Hall–Kier alpha value is -3.43. The molecule has 0 saturated heterocycles. The van der Waals surface area contributed by atoms with Crippen molar-refractivity contribution in [2.45, 2.75) is 26.5 Å². The van der Waals surface area contributed by atoms with Crippen LogP contribution in [0.5, 0.6) is 5.75 Å². The van der Waals surface area contributed by atoms with Gasteiger partial charge in [0, 0.05) is 36.6 Å². The lowest BCUT2D eigenvalue weighted by molar-refractivity contribution is 0.0764. The Kier molecular flexibility index (Phi) is 8.25. The van der Waals surface area contributed by atoms with Crippen molar-refractivity contribution in [3.05, 3.63) is 81.0 Å². The zero-order valence-corrected chi connectivity index (χ0v) is 19.8. The predicted molar refractivity (Wildman–Crippen MR) is 129 cm³/mol. The molecule has 34 heavy (non-hydrogen) atoms. The highest BCUT2D eigenvalue weighted by molar-refractivity contribution is 6.30. The SMILES string of the molecule is CC(C)Oc1ccc(Nc2ncc(C(=O)N(C)CCO)c(=O)n2Cc2ccc(Cl)cc2)cc1F. The summed E-state index contributed by atoms with van der Waals surface area (Å²) >= 11 is 5.97. The van der Waals surface area contributed by atoms with Gasteiger partial charge in [-0.15, -0.1) is 0 Å². The van der Waals surface area contributed by atoms with Crippen LogP contribution < -0.4 is 15.6 Å². The second-order valence-electron chi connectivity index (χ2n) is 7.90. The number of nitrogens with zero attached hydrogens (tertiary/aromatic N) is 3. The lowest BCUT2D eigenvalue weighted by atomic mass is 10.2. The van der Waals surface area contributed by atoms with Crippen LogP contribution in [-0.2, 0) is 6.54 Å². The predicted octanol–water partition coefficient (Wildman–Crippen LogP) is 3.68. The number of aromatic nitrogens is 2. The zero-order valence-electron chi connectivity index (χ0n) is 19.1. The van der Waals surface area contributed by atoms with Gasteiger partial charge in [-0.25, -0.2) is 9.37 Å². The highest BCUT2D eigenvalue weighted by atomic mass is 35.5. The summed E-state index contributed by atoms with van der Waals surface area (Å²) < 4.78 is 21.2. The Morgan fingerprint density at radius 2 is 1.97 bits per heavy atom. The first kappa shape index (κ1) is 25.2. The van der Waals surface area contributed by atoms with E-state index in [9.17, 15) is 14.0 Å². The fourth-order valence-corrected chi connectivity index (χ4v) is 3.30. The maximum atomic E-state index is 14.5. The van der Waals surface area contributed by atoms with Crippen LogP contribution in [0, 0.1) is 5.82 Å². The van der Waals surface area contributed by atoms with E-state index in [1.807, 2.05) is 0 Å². The monoisotopic (exact) mass is 488 g/mol. The highest BCUT2D eigenvalue weighted by Crippen LogP contribution is 2.24. The Morgan fingerprint density at radius 3 is 2.59 bits per heavy atom. The van der Waals surface area contributed by atoms with Gasteiger partial charge in [0.15, 0.2) is 11.6 Å². The molecule has 1 amide bonds. The normalized spacial score (nSPS) is 10.9. The molecule has 8 nitrogen and oxygen atoms in total. The molecular weight excluding hydrogens is 463 g/mol. The number of hydrogen-bond donors (Lipinski definition) is 2. The van der Waals surface area contributed by atoms with Gasteiger partial charge in [0.1, 0.15) is 5.56 Å². The number of nitrogens with one attached hydrogen (secondary N) is 1. The quantitative estimate of drug-likeness (QED) is 0.477. The van der Waals surface area contributed by atoms with Crippen molar-refractivity contribution in [3.8, 4) is 5.75 Å². The minimum atomic E-state index is -0.581. The topological polar surface area (TPSA) is 96.7 Å². The highest BCUT2D eigenvalue weighted by Gasteiger charge is 2.20. The van der Waals surface area contributed by atoms with Crippen LogP contribution in [0.4, 0.5) is 16.0 Å². The third-order valence-corrected chi connectivity index (χ3v) is 5.12. The number of halogens is 2. The van der Waals surface area contributed by atoms with Crippen LogP contribution in [0.1, 0.15) is 29.8 Å². The van der Waals surface area contributed by atoms with E-state index in [-0.39, 0.29) is 43.1 Å². The summed E-state index contributed by atoms with van der Waals surface area (Å²) in [6, 6.07) is 11.2. The molecule has 0 saturated carbocycles. The summed E-state index contributed by atoms with van der Waals surface area (Å²) in [6.45, 7) is 3.51. The average molecular weight is 489 g/mol. The standard InChI is InChI=1S/C24H26ClFN4O4/c1-15(2)34-21-9-8-18(12-20(21)26)28-24-27-13-19(22(32)29(3)10-11-31)23(33)30(24)14-16-4-6-17(25)7-5-16/h4-9,12-13,15,31H,10-11,14H2,1-3H3,(H,27,28). The van der Waals surface area contributed by atoms with Gasteiger partial charge in [-0.2, -0.15) is 0 Å². The summed E-state index contributed by atoms with van der Waals surface area (Å²) in [7, 11) is 1.48. The zero-order chi connectivity index (χ0) is 24.8. The number of carbonyl (C=O) groups is 1.